The molecule has 0 radical (unpaired) electrons. The summed E-state index contributed by atoms with van der Waals surface area (Å²) in [6.45, 7) is 1.74. The van der Waals surface area contributed by atoms with Gasteiger partial charge in [0.2, 0.25) is 11.8 Å². The van der Waals surface area contributed by atoms with Gasteiger partial charge in [-0.05, 0) is 67.8 Å². The molecule has 0 saturated carbocycles. The smallest absolute Gasteiger partial charge is 0.254 e. The Balaban J connectivity index is 3.57. The molecule has 0 spiro atoms. The van der Waals surface area contributed by atoms with Crippen molar-refractivity contribution >= 4 is 103 Å². The van der Waals surface area contributed by atoms with Gasteiger partial charge in [-0.15, -0.1) is 0 Å². The lowest BCUT2D eigenvalue weighted by Crippen LogP contribution is -2.53. The van der Waals surface area contributed by atoms with Crippen molar-refractivity contribution in [3.8, 4) is 0 Å². The number of halogens is 3. The topological polar surface area (TPSA) is 176 Å². The fraction of sp³-hybridized carbons (Fsp3) is 0.444. The van der Waals surface area contributed by atoms with E-state index in [4.69, 9.17) is 5.11 Å². The summed E-state index contributed by atoms with van der Waals surface area (Å²) in [6.07, 6.45) is -5.36. The molecule has 32 heavy (non-hydrogen) atoms. The molecule has 0 aliphatic carbocycles. The Labute approximate surface area is 224 Å². The van der Waals surface area contributed by atoms with Crippen LogP contribution in [0.2, 0.25) is 0 Å². The lowest BCUT2D eigenvalue weighted by atomic mass is 10.0. The number of hydrogen-bond acceptors (Lipinski definition) is 8. The van der Waals surface area contributed by atoms with E-state index in [1.807, 2.05) is 67.8 Å². The number of carbonyl (C=O) groups is 4. The van der Waals surface area contributed by atoms with E-state index in [2.05, 4.69) is 10.6 Å². The molecule has 1 aromatic carbocycles. The molecule has 0 unspecified atom stereocenters. The van der Waals surface area contributed by atoms with Crippen LogP contribution in [-0.4, -0.2) is 82.4 Å². The van der Waals surface area contributed by atoms with Crippen molar-refractivity contribution in [3.63, 3.8) is 0 Å². The number of amides is 3. The van der Waals surface area contributed by atoms with Crippen molar-refractivity contribution in [2.24, 2.45) is 0 Å². The summed E-state index contributed by atoms with van der Waals surface area (Å²) in [6, 6.07) is -1.62. The van der Waals surface area contributed by atoms with Gasteiger partial charge in [0.25, 0.3) is 5.91 Å². The van der Waals surface area contributed by atoms with Gasteiger partial charge >= 0.3 is 0 Å². The molecule has 11 nitrogen and oxygen atoms in total. The van der Waals surface area contributed by atoms with Gasteiger partial charge in [-0.25, -0.2) is 0 Å². The van der Waals surface area contributed by atoms with E-state index in [1.54, 1.807) is 0 Å². The first-order valence-corrected chi connectivity index (χ1v) is 12.2. The van der Waals surface area contributed by atoms with Crippen LogP contribution >= 0.6 is 67.8 Å². The Bertz CT molecular complexity index is 914. The SMILES string of the molecule is CC(=O)Nc1c(I)c(C(=O)N[C@@H](C=O)[C@@H](O)[C@H](O)[C@H](O)CO)c(I)c(N(C)C(C)=O)c1I. The Hall–Kier alpha value is -0.670. The highest BCUT2D eigenvalue weighted by Crippen LogP contribution is 2.40. The predicted octanol–water partition coefficient (Wildman–Crippen LogP) is -0.186. The second-order valence-corrected chi connectivity index (χ2v) is 9.90. The third-order valence-corrected chi connectivity index (χ3v) is 7.55. The first-order chi connectivity index (χ1) is 14.8. The van der Waals surface area contributed by atoms with Crippen molar-refractivity contribution in [3.05, 3.63) is 16.3 Å². The van der Waals surface area contributed by atoms with Gasteiger partial charge < -0.3 is 40.8 Å². The first-order valence-electron chi connectivity index (χ1n) is 8.93. The molecule has 1 aromatic rings. The van der Waals surface area contributed by atoms with Crippen LogP contribution in [0, 0.1) is 10.7 Å². The van der Waals surface area contributed by atoms with Crippen LogP contribution in [0.25, 0.3) is 0 Å². The van der Waals surface area contributed by atoms with Crippen LogP contribution in [0.15, 0.2) is 0 Å². The number of hydrogen-bond donors (Lipinski definition) is 6. The molecular weight excluding hydrogens is 767 g/mol. The molecule has 3 amide bonds. The van der Waals surface area contributed by atoms with Crippen LogP contribution in [0.3, 0.4) is 0 Å². The molecule has 14 heteroatoms. The number of nitrogens with one attached hydrogen (secondary N) is 2. The second-order valence-electron chi connectivity index (χ2n) is 6.67. The zero-order valence-corrected chi connectivity index (χ0v) is 23.6. The maximum Gasteiger partial charge on any atom is 0.254 e. The Kier molecular flexibility index (Phi) is 11.7. The lowest BCUT2D eigenvalue weighted by Gasteiger charge is -2.27. The number of anilines is 2. The molecule has 0 fully saturated rings. The van der Waals surface area contributed by atoms with E-state index in [1.165, 1.54) is 25.8 Å². The molecule has 4 atom stereocenters. The summed E-state index contributed by atoms with van der Waals surface area (Å²) in [5.74, 6) is -1.57. The number of aldehydes is 1. The minimum absolute atomic E-state index is 0.0229. The third kappa shape index (κ3) is 6.69. The minimum atomic E-state index is -1.91. The highest BCUT2D eigenvalue weighted by Gasteiger charge is 2.34. The summed E-state index contributed by atoms with van der Waals surface area (Å²) in [4.78, 5) is 49.6. The molecule has 6 N–H and O–H groups in total. The van der Waals surface area contributed by atoms with E-state index in [0.717, 1.165) is 0 Å². The van der Waals surface area contributed by atoms with Crippen LogP contribution in [0.4, 0.5) is 11.4 Å². The van der Waals surface area contributed by atoms with Crippen molar-refractivity contribution in [2.45, 2.75) is 38.2 Å². The summed E-state index contributed by atoms with van der Waals surface area (Å²) in [7, 11) is 1.50. The standard InChI is InChI=1S/C18H22I3N3O8/c1-6(27)22-14-11(19)10(12(20)15(13(14)21)24(3)7(2)28)18(32)23-8(4-25)16(30)17(31)9(29)5-26/h4,8-9,16-17,26,29-31H,5H2,1-3H3,(H,22,27)(H,23,32)/t8-,9+,16+,17+/m0/s1. The number of aliphatic hydroxyl groups excluding tert-OH is 4. The zero-order valence-electron chi connectivity index (χ0n) is 17.1. The van der Waals surface area contributed by atoms with Gasteiger partial charge in [0.1, 0.15) is 30.6 Å². The molecular formula is C18H22I3N3O8. The van der Waals surface area contributed by atoms with Crippen molar-refractivity contribution in [1.29, 1.82) is 0 Å². The maximum atomic E-state index is 13.1. The fourth-order valence-electron chi connectivity index (χ4n) is 2.56. The average Bonchev–Trinajstić information content (AvgIpc) is 2.72. The number of rotatable bonds is 9. The molecule has 1 rings (SSSR count). The van der Waals surface area contributed by atoms with E-state index >= 15 is 0 Å². The van der Waals surface area contributed by atoms with Crippen LogP contribution in [0.1, 0.15) is 24.2 Å². The van der Waals surface area contributed by atoms with Crippen LogP contribution < -0.4 is 15.5 Å². The van der Waals surface area contributed by atoms with E-state index in [-0.39, 0.29) is 23.4 Å². The van der Waals surface area contributed by atoms with Gasteiger partial charge in [0, 0.05) is 20.9 Å². The van der Waals surface area contributed by atoms with Crippen molar-refractivity contribution in [2.75, 3.05) is 23.9 Å². The number of benzene rings is 1. The monoisotopic (exact) mass is 789 g/mol. The van der Waals surface area contributed by atoms with E-state index in [9.17, 15) is 34.5 Å². The first kappa shape index (κ1) is 29.4. The van der Waals surface area contributed by atoms with Gasteiger partial charge in [-0.3, -0.25) is 14.4 Å². The summed E-state index contributed by atoms with van der Waals surface area (Å²) in [5, 5.41) is 43.4. The summed E-state index contributed by atoms with van der Waals surface area (Å²) < 4.78 is 1.17. The van der Waals surface area contributed by atoms with Crippen LogP contribution in [-0.2, 0) is 14.4 Å². The van der Waals surface area contributed by atoms with Gasteiger partial charge in [0.05, 0.1) is 34.3 Å². The number of aliphatic hydroxyl groups is 4. The van der Waals surface area contributed by atoms with Gasteiger partial charge in [0.15, 0.2) is 0 Å². The lowest BCUT2D eigenvalue weighted by molar-refractivity contribution is -0.119. The van der Waals surface area contributed by atoms with Crippen molar-refractivity contribution in [1.82, 2.24) is 5.32 Å². The molecule has 0 aliphatic heterocycles. The number of carbonyl (C=O) groups excluding carboxylic acids is 4. The highest BCUT2D eigenvalue weighted by atomic mass is 127. The summed E-state index contributed by atoms with van der Waals surface area (Å²) >= 11 is 5.65. The molecule has 0 saturated heterocycles. The molecule has 178 valence electrons. The third-order valence-electron chi connectivity index (χ3n) is 4.37. The predicted molar refractivity (Wildman–Crippen MR) is 140 cm³/mol. The zero-order chi connectivity index (χ0) is 24.9. The Morgan fingerprint density at radius 2 is 1.59 bits per heavy atom. The van der Waals surface area contributed by atoms with Crippen LogP contribution in [0.5, 0.6) is 0 Å². The Morgan fingerprint density at radius 3 is 2.03 bits per heavy atom. The molecule has 0 aromatic heterocycles. The summed E-state index contributed by atoms with van der Waals surface area (Å²) in [5.41, 5.74) is 0.660. The molecule has 0 bridgehead atoms. The van der Waals surface area contributed by atoms with E-state index < -0.39 is 42.8 Å². The average molecular weight is 789 g/mol. The van der Waals surface area contributed by atoms with Gasteiger partial charge in [-0.2, -0.15) is 0 Å². The fourth-order valence-corrected chi connectivity index (χ4v) is 7.21. The normalized spacial score (nSPS) is 14.7. The largest absolute Gasteiger partial charge is 0.394 e. The Morgan fingerprint density at radius 1 is 1.03 bits per heavy atom. The second kappa shape index (κ2) is 12.7. The van der Waals surface area contributed by atoms with E-state index in [0.29, 0.717) is 16.4 Å². The molecule has 0 heterocycles. The van der Waals surface area contributed by atoms with Crippen molar-refractivity contribution < 1.29 is 39.6 Å². The highest BCUT2D eigenvalue weighted by molar-refractivity contribution is 14.1. The number of nitrogens with zero attached hydrogens (tertiary/aromatic N) is 1. The minimum Gasteiger partial charge on any atom is -0.394 e. The maximum absolute atomic E-state index is 13.1. The van der Waals surface area contributed by atoms with Gasteiger partial charge in [-0.1, -0.05) is 0 Å². The quantitative estimate of drug-likeness (QED) is 0.148. The molecule has 0 aliphatic rings.